The summed E-state index contributed by atoms with van der Waals surface area (Å²) in [7, 11) is 0. The lowest BCUT2D eigenvalue weighted by molar-refractivity contribution is -0.157. The maximum Gasteiger partial charge on any atom is 0.322 e. The number of carbonyl (C=O) groups excluding carboxylic acids is 1. The van der Waals surface area contributed by atoms with Crippen LogP contribution < -0.4 is 5.73 Å². The van der Waals surface area contributed by atoms with E-state index in [2.05, 4.69) is 12.1 Å². The standard InChI is InChI=1S/C17H25NO3/c1-12(18)17(19)21-13(2)16(20-11-15-8-9-15)10-14-6-4-3-5-7-14/h3-7,12-13,15-16H,8-11,18H2,1-2H3/t12-,13-,16+/m0/s1. The van der Waals surface area contributed by atoms with Crippen molar-refractivity contribution in [3.05, 3.63) is 35.9 Å². The van der Waals surface area contributed by atoms with Gasteiger partial charge in [0.2, 0.25) is 0 Å². The molecular formula is C17H25NO3. The largest absolute Gasteiger partial charge is 0.459 e. The number of hydrogen-bond acceptors (Lipinski definition) is 4. The van der Waals surface area contributed by atoms with Gasteiger partial charge in [0.05, 0.1) is 6.10 Å². The van der Waals surface area contributed by atoms with Gasteiger partial charge in [-0.25, -0.2) is 0 Å². The number of nitrogens with two attached hydrogens (primary N) is 1. The molecule has 0 spiro atoms. The van der Waals surface area contributed by atoms with Gasteiger partial charge in [0, 0.05) is 13.0 Å². The number of benzene rings is 1. The Bertz CT molecular complexity index is 443. The fourth-order valence-corrected chi connectivity index (χ4v) is 2.12. The highest BCUT2D eigenvalue weighted by molar-refractivity contribution is 5.75. The van der Waals surface area contributed by atoms with Gasteiger partial charge in [0.15, 0.2) is 0 Å². The second-order valence-corrected chi connectivity index (χ2v) is 5.94. The fourth-order valence-electron chi connectivity index (χ4n) is 2.12. The number of hydrogen-bond donors (Lipinski definition) is 1. The predicted octanol–water partition coefficient (Wildman–Crippen LogP) is 2.30. The maximum absolute atomic E-state index is 11.7. The van der Waals surface area contributed by atoms with Crippen LogP contribution in [0.1, 0.15) is 32.3 Å². The summed E-state index contributed by atoms with van der Waals surface area (Å²) in [6.07, 6.45) is 2.79. The van der Waals surface area contributed by atoms with Gasteiger partial charge in [-0.3, -0.25) is 4.79 Å². The molecule has 21 heavy (non-hydrogen) atoms. The molecular weight excluding hydrogens is 266 g/mol. The zero-order valence-electron chi connectivity index (χ0n) is 12.8. The summed E-state index contributed by atoms with van der Waals surface area (Å²) in [5, 5.41) is 0. The monoisotopic (exact) mass is 291 g/mol. The lowest BCUT2D eigenvalue weighted by atomic mass is 10.0. The summed E-state index contributed by atoms with van der Waals surface area (Å²) in [4.78, 5) is 11.7. The van der Waals surface area contributed by atoms with Crippen LogP contribution in [-0.2, 0) is 20.7 Å². The molecule has 116 valence electrons. The van der Waals surface area contributed by atoms with E-state index in [-0.39, 0.29) is 18.2 Å². The van der Waals surface area contributed by atoms with Gasteiger partial charge in [-0.2, -0.15) is 0 Å². The summed E-state index contributed by atoms with van der Waals surface area (Å²) >= 11 is 0. The van der Waals surface area contributed by atoms with E-state index in [0.29, 0.717) is 5.92 Å². The molecule has 0 bridgehead atoms. The molecule has 4 nitrogen and oxygen atoms in total. The van der Waals surface area contributed by atoms with Gasteiger partial charge in [-0.1, -0.05) is 30.3 Å². The first-order valence-corrected chi connectivity index (χ1v) is 7.68. The zero-order valence-corrected chi connectivity index (χ0v) is 12.8. The molecule has 4 heteroatoms. The van der Waals surface area contributed by atoms with Crippen LogP contribution in [0.2, 0.25) is 0 Å². The van der Waals surface area contributed by atoms with E-state index in [1.807, 2.05) is 25.1 Å². The van der Waals surface area contributed by atoms with Gasteiger partial charge in [-0.15, -0.1) is 0 Å². The van der Waals surface area contributed by atoms with Gasteiger partial charge in [0.1, 0.15) is 12.1 Å². The highest BCUT2D eigenvalue weighted by Crippen LogP contribution is 2.30. The normalized spacial score (nSPS) is 18.8. The third-order valence-electron chi connectivity index (χ3n) is 3.72. The van der Waals surface area contributed by atoms with Crippen LogP contribution in [-0.4, -0.2) is 30.8 Å². The summed E-state index contributed by atoms with van der Waals surface area (Å²) in [6.45, 7) is 4.25. The molecule has 0 saturated heterocycles. The minimum Gasteiger partial charge on any atom is -0.459 e. The summed E-state index contributed by atoms with van der Waals surface area (Å²) in [6, 6.07) is 9.52. The van der Waals surface area contributed by atoms with Crippen LogP contribution in [0, 0.1) is 5.92 Å². The molecule has 1 aromatic rings. The Morgan fingerprint density at radius 2 is 1.95 bits per heavy atom. The van der Waals surface area contributed by atoms with Crippen molar-refractivity contribution in [2.24, 2.45) is 11.7 Å². The molecule has 3 atom stereocenters. The Morgan fingerprint density at radius 1 is 1.29 bits per heavy atom. The van der Waals surface area contributed by atoms with Crippen LogP contribution in [0.3, 0.4) is 0 Å². The molecule has 1 aliphatic rings. The van der Waals surface area contributed by atoms with E-state index in [1.54, 1.807) is 6.92 Å². The van der Waals surface area contributed by atoms with Crippen molar-refractivity contribution >= 4 is 5.97 Å². The van der Waals surface area contributed by atoms with Crippen LogP contribution in [0.4, 0.5) is 0 Å². The molecule has 1 aromatic carbocycles. The van der Waals surface area contributed by atoms with Crippen molar-refractivity contribution in [1.29, 1.82) is 0 Å². The minimum absolute atomic E-state index is 0.129. The summed E-state index contributed by atoms with van der Waals surface area (Å²) in [5.74, 6) is 0.301. The molecule has 0 heterocycles. The quantitative estimate of drug-likeness (QED) is 0.747. The third kappa shape index (κ3) is 5.48. The second-order valence-electron chi connectivity index (χ2n) is 5.94. The Kier molecular flexibility index (Phi) is 5.76. The highest BCUT2D eigenvalue weighted by Gasteiger charge is 2.27. The van der Waals surface area contributed by atoms with Crippen LogP contribution in [0.15, 0.2) is 30.3 Å². The SMILES string of the molecule is C[C@H](N)C(=O)O[C@@H](C)[C@@H](Cc1ccccc1)OCC1CC1. The van der Waals surface area contributed by atoms with Crippen molar-refractivity contribution in [2.45, 2.75) is 51.4 Å². The van der Waals surface area contributed by atoms with Crippen LogP contribution in [0.25, 0.3) is 0 Å². The smallest absolute Gasteiger partial charge is 0.322 e. The van der Waals surface area contributed by atoms with Crippen molar-refractivity contribution in [3.8, 4) is 0 Å². The van der Waals surface area contributed by atoms with Crippen molar-refractivity contribution in [3.63, 3.8) is 0 Å². The van der Waals surface area contributed by atoms with Crippen LogP contribution >= 0.6 is 0 Å². The molecule has 0 aromatic heterocycles. The van der Waals surface area contributed by atoms with E-state index in [1.165, 1.54) is 18.4 Å². The van der Waals surface area contributed by atoms with E-state index >= 15 is 0 Å². The average Bonchev–Trinajstić information content (AvgIpc) is 3.28. The van der Waals surface area contributed by atoms with E-state index < -0.39 is 6.04 Å². The molecule has 1 aliphatic carbocycles. The number of esters is 1. The lowest BCUT2D eigenvalue weighted by Crippen LogP contribution is -2.38. The fraction of sp³-hybridized carbons (Fsp3) is 0.588. The van der Waals surface area contributed by atoms with E-state index in [9.17, 15) is 4.79 Å². The molecule has 1 saturated carbocycles. The Balaban J connectivity index is 1.94. The zero-order chi connectivity index (χ0) is 15.2. The first-order valence-electron chi connectivity index (χ1n) is 7.68. The van der Waals surface area contributed by atoms with E-state index in [0.717, 1.165) is 13.0 Å². The molecule has 2 N–H and O–H groups in total. The van der Waals surface area contributed by atoms with Crippen molar-refractivity contribution in [1.82, 2.24) is 0 Å². The molecule has 1 fully saturated rings. The maximum atomic E-state index is 11.7. The lowest BCUT2D eigenvalue weighted by Gasteiger charge is -2.25. The van der Waals surface area contributed by atoms with Gasteiger partial charge in [0.25, 0.3) is 0 Å². The molecule has 2 rings (SSSR count). The first-order chi connectivity index (χ1) is 10.1. The molecule has 0 aliphatic heterocycles. The first kappa shape index (κ1) is 16.0. The average molecular weight is 291 g/mol. The van der Waals surface area contributed by atoms with Gasteiger partial charge in [-0.05, 0) is 38.2 Å². The topological polar surface area (TPSA) is 61.6 Å². The number of ether oxygens (including phenoxy) is 2. The third-order valence-corrected chi connectivity index (χ3v) is 3.72. The van der Waals surface area contributed by atoms with Gasteiger partial charge < -0.3 is 15.2 Å². The van der Waals surface area contributed by atoms with Crippen molar-refractivity contribution < 1.29 is 14.3 Å². The molecule has 0 amide bonds. The van der Waals surface area contributed by atoms with Crippen LogP contribution in [0.5, 0.6) is 0 Å². The minimum atomic E-state index is -0.603. The van der Waals surface area contributed by atoms with Gasteiger partial charge >= 0.3 is 5.97 Å². The second kappa shape index (κ2) is 7.57. The Hall–Kier alpha value is -1.39. The number of carbonyl (C=O) groups is 1. The van der Waals surface area contributed by atoms with Crippen molar-refractivity contribution in [2.75, 3.05) is 6.61 Å². The molecule has 0 unspecified atom stereocenters. The number of rotatable bonds is 8. The molecule has 0 radical (unpaired) electrons. The predicted molar refractivity (Wildman–Crippen MR) is 81.8 cm³/mol. The summed E-state index contributed by atoms with van der Waals surface area (Å²) < 4.78 is 11.4. The van der Waals surface area contributed by atoms with E-state index in [4.69, 9.17) is 15.2 Å². The summed E-state index contributed by atoms with van der Waals surface area (Å²) in [5.41, 5.74) is 6.74. The Morgan fingerprint density at radius 3 is 2.52 bits per heavy atom. The Labute approximate surface area is 126 Å². The highest BCUT2D eigenvalue weighted by atomic mass is 16.6.